The van der Waals surface area contributed by atoms with E-state index in [1.165, 1.54) is 11.8 Å². The fraction of sp³-hybridized carbons (Fsp3) is 0.385. The van der Waals surface area contributed by atoms with Crippen LogP contribution in [0.1, 0.15) is 23.7 Å². The molecule has 0 spiro atoms. The van der Waals surface area contributed by atoms with Gasteiger partial charge in [0.25, 0.3) is 0 Å². The molecule has 0 bridgehead atoms. The first-order valence-electron chi connectivity index (χ1n) is 6.00. The van der Waals surface area contributed by atoms with Crippen molar-refractivity contribution in [2.75, 3.05) is 5.75 Å². The van der Waals surface area contributed by atoms with Crippen LogP contribution < -0.4 is 10.6 Å². The van der Waals surface area contributed by atoms with E-state index >= 15 is 0 Å². The molecule has 1 fully saturated rings. The highest BCUT2D eigenvalue weighted by atomic mass is 79.9. The monoisotopic (exact) mass is 342 g/mol. The van der Waals surface area contributed by atoms with Crippen molar-refractivity contribution in [1.29, 1.82) is 0 Å². The van der Waals surface area contributed by atoms with Crippen LogP contribution in [-0.2, 0) is 4.79 Å². The van der Waals surface area contributed by atoms with Gasteiger partial charge in [0, 0.05) is 22.5 Å². The van der Waals surface area contributed by atoms with E-state index in [4.69, 9.17) is 0 Å². The summed E-state index contributed by atoms with van der Waals surface area (Å²) in [6.07, 6.45) is 0.484. The lowest BCUT2D eigenvalue weighted by Gasteiger charge is -2.28. The molecule has 0 aromatic heterocycles. The van der Waals surface area contributed by atoms with Crippen LogP contribution in [-0.4, -0.2) is 29.0 Å². The normalized spacial score (nSPS) is 22.9. The van der Waals surface area contributed by atoms with Gasteiger partial charge in [0.2, 0.25) is 5.91 Å². The maximum Gasteiger partial charge on any atom is 0.223 e. The number of thioether (sulfide) groups is 1. The molecule has 1 heterocycles. The van der Waals surface area contributed by atoms with Crippen molar-refractivity contribution in [2.45, 2.75) is 24.9 Å². The van der Waals surface area contributed by atoms with Crippen LogP contribution in [0.4, 0.5) is 0 Å². The van der Waals surface area contributed by atoms with Gasteiger partial charge < -0.3 is 5.32 Å². The molecule has 2 N–H and O–H groups in total. The topological polar surface area (TPSA) is 58.2 Å². The Labute approximate surface area is 124 Å². The summed E-state index contributed by atoms with van der Waals surface area (Å²) >= 11 is 4.74. The molecular formula is C13H15BrN2O2S. The Kier molecular flexibility index (Phi) is 5.01. The highest BCUT2D eigenvalue weighted by Crippen LogP contribution is 2.16. The molecule has 1 aliphatic rings. The van der Waals surface area contributed by atoms with Gasteiger partial charge in [-0.05, 0) is 19.1 Å². The van der Waals surface area contributed by atoms with E-state index < -0.39 is 0 Å². The fourth-order valence-corrected chi connectivity index (χ4v) is 3.10. The Balaban J connectivity index is 1.86. The van der Waals surface area contributed by atoms with Crippen molar-refractivity contribution < 1.29 is 9.59 Å². The number of halogens is 1. The van der Waals surface area contributed by atoms with E-state index in [2.05, 4.69) is 26.6 Å². The lowest BCUT2D eigenvalue weighted by Crippen LogP contribution is -2.53. The number of ketones is 1. The fourth-order valence-electron chi connectivity index (χ4n) is 1.81. The molecule has 6 heteroatoms. The highest BCUT2D eigenvalue weighted by Gasteiger charge is 2.23. The molecule has 1 saturated heterocycles. The molecule has 2 rings (SSSR count). The van der Waals surface area contributed by atoms with E-state index in [0.29, 0.717) is 17.7 Å². The Bertz CT molecular complexity index is 478. The highest BCUT2D eigenvalue weighted by molar-refractivity contribution is 9.10. The molecule has 19 heavy (non-hydrogen) atoms. The van der Waals surface area contributed by atoms with Gasteiger partial charge in [0.15, 0.2) is 5.78 Å². The largest absolute Gasteiger partial charge is 0.332 e. The predicted octanol–water partition coefficient (Wildman–Crippen LogP) is 2.15. The van der Waals surface area contributed by atoms with Crippen molar-refractivity contribution in [2.24, 2.45) is 0 Å². The average molecular weight is 343 g/mol. The third-order valence-corrected chi connectivity index (χ3v) is 4.31. The van der Waals surface area contributed by atoms with Crippen molar-refractivity contribution in [1.82, 2.24) is 10.6 Å². The quantitative estimate of drug-likeness (QED) is 0.823. The second-order valence-corrected chi connectivity index (χ2v) is 6.47. The number of rotatable bonds is 4. The first kappa shape index (κ1) is 14.6. The smallest absolute Gasteiger partial charge is 0.223 e. The minimum atomic E-state index is -0.185. The van der Waals surface area contributed by atoms with E-state index in [9.17, 15) is 9.59 Å². The van der Waals surface area contributed by atoms with Gasteiger partial charge in [-0.3, -0.25) is 14.9 Å². The standard InChI is InChI=1S/C13H15BrN2O2S/c1-8-6-12(18)16-13(15-8)19-7-11(17)9-2-4-10(14)5-3-9/h2-5,8,13,15H,6-7H2,1H3,(H,16,18). The first-order valence-corrected chi connectivity index (χ1v) is 7.84. The molecule has 1 aliphatic heterocycles. The number of amides is 1. The third kappa shape index (κ3) is 4.33. The summed E-state index contributed by atoms with van der Waals surface area (Å²) < 4.78 is 0.951. The van der Waals surface area contributed by atoms with Gasteiger partial charge in [-0.2, -0.15) is 0 Å². The van der Waals surface area contributed by atoms with Crippen molar-refractivity contribution in [3.8, 4) is 0 Å². The zero-order valence-electron chi connectivity index (χ0n) is 10.5. The summed E-state index contributed by atoms with van der Waals surface area (Å²) in [5.41, 5.74) is 0.501. The van der Waals surface area contributed by atoms with Crippen molar-refractivity contribution in [3.63, 3.8) is 0 Å². The Morgan fingerprint density at radius 1 is 1.42 bits per heavy atom. The van der Waals surface area contributed by atoms with Crippen molar-refractivity contribution >= 4 is 39.4 Å². The van der Waals surface area contributed by atoms with E-state index in [1.807, 2.05) is 19.1 Å². The van der Waals surface area contributed by atoms with Crippen LogP contribution in [0.15, 0.2) is 28.7 Å². The first-order chi connectivity index (χ1) is 9.04. The summed E-state index contributed by atoms with van der Waals surface area (Å²) in [5, 5.41) is 6.05. The SMILES string of the molecule is CC1CC(=O)NC(SCC(=O)c2ccc(Br)cc2)N1. The Morgan fingerprint density at radius 2 is 2.11 bits per heavy atom. The molecule has 0 aliphatic carbocycles. The van der Waals surface area contributed by atoms with Crippen molar-refractivity contribution in [3.05, 3.63) is 34.3 Å². The molecule has 0 radical (unpaired) electrons. The molecule has 1 aromatic rings. The van der Waals surface area contributed by atoms with Gasteiger partial charge in [-0.25, -0.2) is 0 Å². The van der Waals surface area contributed by atoms with Crippen LogP contribution in [0.2, 0.25) is 0 Å². The molecule has 4 nitrogen and oxygen atoms in total. The minimum absolute atomic E-state index is 0.0276. The number of carbonyl (C=O) groups excluding carboxylic acids is 2. The average Bonchev–Trinajstić information content (AvgIpc) is 2.36. The molecule has 2 unspecified atom stereocenters. The molecule has 1 amide bonds. The zero-order valence-corrected chi connectivity index (χ0v) is 12.9. The van der Waals surface area contributed by atoms with Crippen LogP contribution in [0.3, 0.4) is 0 Å². The molecule has 102 valence electrons. The van der Waals surface area contributed by atoms with Gasteiger partial charge >= 0.3 is 0 Å². The van der Waals surface area contributed by atoms with E-state index in [-0.39, 0.29) is 23.2 Å². The zero-order chi connectivity index (χ0) is 13.8. The van der Waals surface area contributed by atoms with Crippen LogP contribution >= 0.6 is 27.7 Å². The summed E-state index contributed by atoms with van der Waals surface area (Å²) in [4.78, 5) is 23.4. The number of carbonyl (C=O) groups is 2. The maximum absolute atomic E-state index is 12.0. The lowest BCUT2D eigenvalue weighted by atomic mass is 10.2. The number of nitrogens with one attached hydrogen (secondary N) is 2. The Hall–Kier alpha value is -0.850. The Morgan fingerprint density at radius 3 is 2.74 bits per heavy atom. The van der Waals surface area contributed by atoms with E-state index in [1.54, 1.807) is 12.1 Å². The van der Waals surface area contributed by atoms with Gasteiger partial charge in [0.05, 0.1) is 5.75 Å². The lowest BCUT2D eigenvalue weighted by molar-refractivity contribution is -0.123. The molecule has 2 atom stereocenters. The predicted molar refractivity (Wildman–Crippen MR) is 80.1 cm³/mol. The number of hydrogen-bond donors (Lipinski definition) is 2. The second kappa shape index (κ2) is 6.54. The van der Waals surface area contributed by atoms with Gasteiger partial charge in [-0.1, -0.05) is 28.1 Å². The third-order valence-electron chi connectivity index (χ3n) is 2.77. The number of hydrogen-bond acceptors (Lipinski definition) is 4. The van der Waals surface area contributed by atoms with Crippen LogP contribution in [0, 0.1) is 0 Å². The maximum atomic E-state index is 12.0. The van der Waals surface area contributed by atoms with Gasteiger partial charge in [0.1, 0.15) is 5.50 Å². The summed E-state index contributed by atoms with van der Waals surface area (Å²) in [6.45, 7) is 1.96. The summed E-state index contributed by atoms with van der Waals surface area (Å²) in [7, 11) is 0. The second-order valence-electron chi connectivity index (χ2n) is 4.46. The molecular weight excluding hydrogens is 328 g/mol. The minimum Gasteiger partial charge on any atom is -0.332 e. The van der Waals surface area contributed by atoms with Crippen LogP contribution in [0.5, 0.6) is 0 Å². The number of Topliss-reactive ketones (excluding diaryl/α,β-unsaturated/α-hetero) is 1. The number of benzene rings is 1. The molecule has 0 saturated carbocycles. The molecule has 1 aromatic carbocycles. The summed E-state index contributed by atoms with van der Waals surface area (Å²) in [6, 6.07) is 7.43. The van der Waals surface area contributed by atoms with Crippen LogP contribution in [0.25, 0.3) is 0 Å². The van der Waals surface area contributed by atoms with E-state index in [0.717, 1.165) is 4.47 Å². The summed E-state index contributed by atoms with van der Waals surface area (Å²) in [5.74, 6) is 0.429. The van der Waals surface area contributed by atoms with Gasteiger partial charge in [-0.15, -0.1) is 11.8 Å².